The van der Waals surface area contributed by atoms with Gasteiger partial charge in [0, 0.05) is 32.6 Å². The molecule has 1 aliphatic heterocycles. The summed E-state index contributed by atoms with van der Waals surface area (Å²) in [6.45, 7) is 2.82. The maximum absolute atomic E-state index is 12.7. The van der Waals surface area contributed by atoms with E-state index in [0.717, 1.165) is 24.3 Å². The fraction of sp³-hybridized carbons (Fsp3) is 0.375. The van der Waals surface area contributed by atoms with Gasteiger partial charge in [0.05, 0.1) is 24.9 Å². The summed E-state index contributed by atoms with van der Waals surface area (Å²) in [5.41, 5.74) is 7.17. The Morgan fingerprint density at radius 1 is 1.00 bits per heavy atom. The number of carbonyl (C=O) groups is 3. The van der Waals surface area contributed by atoms with Crippen molar-refractivity contribution in [3.8, 4) is 5.75 Å². The number of benzene rings is 2. The van der Waals surface area contributed by atoms with Gasteiger partial charge in [-0.3, -0.25) is 19.3 Å². The average Bonchev–Trinajstić information content (AvgIpc) is 3.03. The van der Waals surface area contributed by atoms with Crippen LogP contribution in [0.15, 0.2) is 48.5 Å². The highest BCUT2D eigenvalue weighted by atomic mass is 16.5. The van der Waals surface area contributed by atoms with E-state index >= 15 is 0 Å². The summed E-state index contributed by atoms with van der Waals surface area (Å²) in [6.07, 6.45) is 1.95. The van der Waals surface area contributed by atoms with Crippen LogP contribution in [-0.4, -0.2) is 67.4 Å². The van der Waals surface area contributed by atoms with Gasteiger partial charge in [-0.15, -0.1) is 0 Å². The number of hydrogen-bond acceptors (Lipinski definition) is 5. The molecule has 0 unspecified atom stereocenters. The van der Waals surface area contributed by atoms with E-state index in [4.69, 9.17) is 10.5 Å². The fourth-order valence-corrected chi connectivity index (χ4v) is 3.78. The molecule has 8 heteroatoms. The van der Waals surface area contributed by atoms with Crippen molar-refractivity contribution in [1.29, 1.82) is 0 Å². The van der Waals surface area contributed by atoms with Crippen LogP contribution in [0.3, 0.4) is 0 Å². The van der Waals surface area contributed by atoms with Crippen LogP contribution in [0.2, 0.25) is 0 Å². The first kappa shape index (κ1) is 23.3. The molecular weight excluding hydrogens is 408 g/mol. The first-order chi connectivity index (χ1) is 15.5. The number of para-hydroxylation sites is 1. The molecule has 0 aromatic heterocycles. The minimum absolute atomic E-state index is 0.127. The summed E-state index contributed by atoms with van der Waals surface area (Å²) >= 11 is 0. The first-order valence-corrected chi connectivity index (χ1v) is 10.8. The van der Waals surface area contributed by atoms with Crippen LogP contribution in [-0.2, 0) is 16.0 Å². The quantitative estimate of drug-likeness (QED) is 0.655. The van der Waals surface area contributed by atoms with E-state index in [1.807, 2.05) is 34.1 Å². The van der Waals surface area contributed by atoms with Gasteiger partial charge in [-0.25, -0.2) is 0 Å². The Labute approximate surface area is 188 Å². The number of anilines is 1. The summed E-state index contributed by atoms with van der Waals surface area (Å²) in [5, 5.41) is 2.77. The van der Waals surface area contributed by atoms with Crippen molar-refractivity contribution in [3.05, 3.63) is 59.7 Å². The van der Waals surface area contributed by atoms with Crippen molar-refractivity contribution in [2.24, 2.45) is 5.73 Å². The lowest BCUT2D eigenvalue weighted by atomic mass is 10.1. The number of ether oxygens (including phenoxy) is 1. The van der Waals surface area contributed by atoms with E-state index in [0.29, 0.717) is 38.2 Å². The molecule has 1 saturated heterocycles. The number of carbonyl (C=O) groups excluding carboxylic acids is 3. The van der Waals surface area contributed by atoms with Gasteiger partial charge in [-0.2, -0.15) is 0 Å². The third-order valence-electron chi connectivity index (χ3n) is 5.56. The summed E-state index contributed by atoms with van der Waals surface area (Å²) in [7, 11) is 1.63. The highest BCUT2D eigenvalue weighted by Gasteiger charge is 2.21. The summed E-state index contributed by atoms with van der Waals surface area (Å²) in [6, 6.07) is 14.4. The second-order valence-electron chi connectivity index (χ2n) is 7.82. The zero-order valence-corrected chi connectivity index (χ0v) is 18.4. The molecule has 1 fully saturated rings. The molecule has 3 amide bonds. The predicted octanol–water partition coefficient (Wildman–Crippen LogP) is 1.90. The van der Waals surface area contributed by atoms with Crippen LogP contribution >= 0.6 is 0 Å². The van der Waals surface area contributed by atoms with Crippen molar-refractivity contribution < 1.29 is 19.1 Å². The molecule has 3 N–H and O–H groups in total. The number of primary amides is 1. The number of nitrogens with one attached hydrogen (secondary N) is 1. The van der Waals surface area contributed by atoms with Gasteiger partial charge in [0.25, 0.3) is 5.91 Å². The van der Waals surface area contributed by atoms with E-state index in [2.05, 4.69) is 5.32 Å². The SMILES string of the molecule is COc1ccc(CCC(=O)N2CCCN(CC(=O)Nc3ccccc3C(N)=O)CC2)cc1. The van der Waals surface area contributed by atoms with Crippen LogP contribution in [0.1, 0.15) is 28.8 Å². The van der Waals surface area contributed by atoms with Crippen molar-refractivity contribution in [1.82, 2.24) is 9.80 Å². The maximum Gasteiger partial charge on any atom is 0.250 e. The van der Waals surface area contributed by atoms with Gasteiger partial charge < -0.3 is 20.7 Å². The molecule has 2 aromatic rings. The Bertz CT molecular complexity index is 945. The van der Waals surface area contributed by atoms with Crippen molar-refractivity contribution >= 4 is 23.4 Å². The molecule has 0 radical (unpaired) electrons. The third kappa shape index (κ3) is 6.55. The van der Waals surface area contributed by atoms with Crippen molar-refractivity contribution in [2.45, 2.75) is 19.3 Å². The Balaban J connectivity index is 1.46. The zero-order valence-electron chi connectivity index (χ0n) is 18.4. The van der Waals surface area contributed by atoms with Gasteiger partial charge >= 0.3 is 0 Å². The molecule has 0 aliphatic carbocycles. The van der Waals surface area contributed by atoms with Crippen LogP contribution in [0.25, 0.3) is 0 Å². The standard InChI is InChI=1S/C24H30N4O4/c1-32-19-10-7-18(8-11-19)9-12-23(30)28-14-4-13-27(15-16-28)17-22(29)26-21-6-3-2-5-20(21)24(25)31/h2-3,5-8,10-11H,4,9,12-17H2,1H3,(H2,25,31)(H,26,29). The summed E-state index contributed by atoms with van der Waals surface area (Å²) in [4.78, 5) is 40.6. The summed E-state index contributed by atoms with van der Waals surface area (Å²) in [5.74, 6) is 0.134. The molecule has 1 heterocycles. The Morgan fingerprint density at radius 3 is 2.47 bits per heavy atom. The highest BCUT2D eigenvalue weighted by molar-refractivity contribution is 6.03. The molecule has 2 aromatic carbocycles. The fourth-order valence-electron chi connectivity index (χ4n) is 3.78. The molecular formula is C24H30N4O4. The normalized spacial score (nSPS) is 14.5. The molecule has 0 spiro atoms. The number of rotatable bonds is 8. The van der Waals surface area contributed by atoms with E-state index in [9.17, 15) is 14.4 Å². The Morgan fingerprint density at radius 2 is 1.75 bits per heavy atom. The predicted molar refractivity (Wildman–Crippen MR) is 123 cm³/mol. The topological polar surface area (TPSA) is 105 Å². The molecule has 0 saturated carbocycles. The molecule has 170 valence electrons. The van der Waals surface area contributed by atoms with Crippen molar-refractivity contribution in [3.63, 3.8) is 0 Å². The Kier molecular flexibility index (Phi) is 8.21. The highest BCUT2D eigenvalue weighted by Crippen LogP contribution is 2.15. The second-order valence-corrected chi connectivity index (χ2v) is 7.82. The number of amides is 3. The molecule has 1 aliphatic rings. The van der Waals surface area contributed by atoms with Crippen LogP contribution in [0.5, 0.6) is 5.75 Å². The zero-order chi connectivity index (χ0) is 22.9. The second kappa shape index (κ2) is 11.3. The lowest BCUT2D eigenvalue weighted by molar-refractivity contribution is -0.131. The monoisotopic (exact) mass is 438 g/mol. The minimum atomic E-state index is -0.584. The molecule has 8 nitrogen and oxygen atoms in total. The van der Waals surface area contributed by atoms with Crippen molar-refractivity contribution in [2.75, 3.05) is 45.2 Å². The van der Waals surface area contributed by atoms with Crippen LogP contribution in [0, 0.1) is 0 Å². The minimum Gasteiger partial charge on any atom is -0.497 e. The van der Waals surface area contributed by atoms with Gasteiger partial charge in [-0.05, 0) is 42.7 Å². The largest absolute Gasteiger partial charge is 0.497 e. The maximum atomic E-state index is 12.7. The number of methoxy groups -OCH3 is 1. The lowest BCUT2D eigenvalue weighted by Gasteiger charge is -2.22. The van der Waals surface area contributed by atoms with E-state index < -0.39 is 5.91 Å². The van der Waals surface area contributed by atoms with Gasteiger partial charge in [0.15, 0.2) is 0 Å². The number of aryl methyl sites for hydroxylation is 1. The lowest BCUT2D eigenvalue weighted by Crippen LogP contribution is -2.38. The van der Waals surface area contributed by atoms with E-state index in [-0.39, 0.29) is 23.9 Å². The third-order valence-corrected chi connectivity index (χ3v) is 5.56. The van der Waals surface area contributed by atoms with E-state index in [1.165, 1.54) is 0 Å². The van der Waals surface area contributed by atoms with E-state index in [1.54, 1.807) is 31.4 Å². The first-order valence-electron chi connectivity index (χ1n) is 10.8. The van der Waals surface area contributed by atoms with Gasteiger partial charge in [0.2, 0.25) is 11.8 Å². The molecule has 0 bridgehead atoms. The number of nitrogens with zero attached hydrogens (tertiary/aromatic N) is 2. The van der Waals surface area contributed by atoms with Gasteiger partial charge in [0.1, 0.15) is 5.75 Å². The van der Waals surface area contributed by atoms with Crippen LogP contribution < -0.4 is 15.8 Å². The number of hydrogen-bond donors (Lipinski definition) is 2. The van der Waals surface area contributed by atoms with Gasteiger partial charge in [-0.1, -0.05) is 24.3 Å². The molecule has 32 heavy (non-hydrogen) atoms. The number of nitrogens with two attached hydrogens (primary N) is 1. The van der Waals surface area contributed by atoms with Crippen LogP contribution in [0.4, 0.5) is 5.69 Å². The summed E-state index contributed by atoms with van der Waals surface area (Å²) < 4.78 is 5.16. The Hall–Kier alpha value is -3.39. The molecule has 3 rings (SSSR count). The average molecular weight is 439 g/mol. The smallest absolute Gasteiger partial charge is 0.250 e. The molecule has 0 atom stereocenters.